The van der Waals surface area contributed by atoms with Gasteiger partial charge in [0.15, 0.2) is 0 Å². The van der Waals surface area contributed by atoms with Crippen molar-refractivity contribution in [2.75, 3.05) is 77.9 Å². The van der Waals surface area contributed by atoms with E-state index in [-0.39, 0.29) is 18.3 Å². The number of rotatable bonds is 19. The molecule has 0 aromatic rings. The smallest absolute Gasteiger partial charge is 0.308 e. The molecule has 0 radical (unpaired) electrons. The Hall–Kier alpha value is -0.780. The van der Waals surface area contributed by atoms with E-state index in [1.807, 2.05) is 20.8 Å². The summed E-state index contributed by atoms with van der Waals surface area (Å²) in [5, 5.41) is 2.98. The zero-order chi connectivity index (χ0) is 21.8. The van der Waals surface area contributed by atoms with Gasteiger partial charge in [-0.1, -0.05) is 15.9 Å². The van der Waals surface area contributed by atoms with E-state index in [0.29, 0.717) is 77.9 Å². The number of alkyl halides is 1. The number of nitrogens with one attached hydrogen (secondary N) is 1. The molecule has 0 aromatic carbocycles. The van der Waals surface area contributed by atoms with E-state index < -0.39 is 5.60 Å². The SMILES string of the molecule is CC(C)(C)OC(=O)CCOCCOCCOCCOCCOCCNC(=O)CBr. The Bertz CT molecular complexity index is 418. The number of carbonyl (C=O) groups excluding carboxylic acids is 2. The van der Waals surface area contributed by atoms with Crippen molar-refractivity contribution in [3.05, 3.63) is 0 Å². The van der Waals surface area contributed by atoms with Crippen molar-refractivity contribution in [1.29, 1.82) is 0 Å². The highest BCUT2D eigenvalue weighted by Crippen LogP contribution is 2.07. The molecule has 172 valence electrons. The Morgan fingerprint density at radius 2 is 1.14 bits per heavy atom. The topological polar surface area (TPSA) is 102 Å². The van der Waals surface area contributed by atoms with Crippen LogP contribution < -0.4 is 5.32 Å². The van der Waals surface area contributed by atoms with Gasteiger partial charge in [0.25, 0.3) is 0 Å². The standard InChI is InChI=1S/C19H36BrNO8/c1-19(2,3)29-18(23)4-6-24-8-10-26-12-14-28-15-13-27-11-9-25-7-5-21-17(22)16-20/h4-16H2,1-3H3,(H,21,22). The Morgan fingerprint density at radius 3 is 1.55 bits per heavy atom. The molecule has 0 aromatic heterocycles. The normalized spacial score (nSPS) is 11.4. The van der Waals surface area contributed by atoms with Crippen molar-refractivity contribution in [1.82, 2.24) is 5.32 Å². The van der Waals surface area contributed by atoms with Gasteiger partial charge in [-0.25, -0.2) is 0 Å². The van der Waals surface area contributed by atoms with Gasteiger partial charge in [-0.3, -0.25) is 9.59 Å². The van der Waals surface area contributed by atoms with Crippen LogP contribution in [0.1, 0.15) is 27.2 Å². The van der Waals surface area contributed by atoms with Gasteiger partial charge in [-0.15, -0.1) is 0 Å². The Balaban J connectivity index is 3.15. The predicted molar refractivity (Wildman–Crippen MR) is 111 cm³/mol. The summed E-state index contributed by atoms with van der Waals surface area (Å²) in [4.78, 5) is 22.4. The van der Waals surface area contributed by atoms with E-state index in [2.05, 4.69) is 21.2 Å². The molecule has 0 aliphatic heterocycles. The van der Waals surface area contributed by atoms with Crippen LogP contribution in [0.5, 0.6) is 0 Å². The van der Waals surface area contributed by atoms with Crippen LogP contribution in [-0.2, 0) is 38.0 Å². The lowest BCUT2D eigenvalue weighted by Crippen LogP contribution is -2.28. The second-order valence-corrected chi connectivity index (χ2v) is 7.44. The van der Waals surface area contributed by atoms with E-state index in [9.17, 15) is 9.59 Å². The monoisotopic (exact) mass is 485 g/mol. The van der Waals surface area contributed by atoms with Crippen LogP contribution in [0.15, 0.2) is 0 Å². The number of carbonyl (C=O) groups is 2. The molecule has 0 spiro atoms. The summed E-state index contributed by atoms with van der Waals surface area (Å²) in [6.45, 7) is 10.5. The first-order valence-corrected chi connectivity index (χ1v) is 10.9. The zero-order valence-electron chi connectivity index (χ0n) is 17.8. The summed E-state index contributed by atoms with van der Waals surface area (Å²) in [7, 11) is 0. The quantitative estimate of drug-likeness (QED) is 0.166. The van der Waals surface area contributed by atoms with Crippen LogP contribution >= 0.6 is 15.9 Å². The third-order valence-corrected chi connectivity index (χ3v) is 3.56. The molecule has 0 saturated carbocycles. The summed E-state index contributed by atoms with van der Waals surface area (Å²) in [5.74, 6) is -0.323. The molecule has 0 atom stereocenters. The van der Waals surface area contributed by atoms with Crippen molar-refractivity contribution in [2.24, 2.45) is 0 Å². The minimum absolute atomic E-state index is 0.0586. The predicted octanol–water partition coefficient (Wildman–Crippen LogP) is 1.31. The lowest BCUT2D eigenvalue weighted by molar-refractivity contribution is -0.156. The third-order valence-electron chi connectivity index (χ3n) is 3.05. The summed E-state index contributed by atoms with van der Waals surface area (Å²) in [6.07, 6.45) is 0.235. The average Bonchev–Trinajstić information content (AvgIpc) is 2.65. The minimum Gasteiger partial charge on any atom is -0.460 e. The summed E-state index contributed by atoms with van der Waals surface area (Å²) in [5.41, 5.74) is -0.466. The van der Waals surface area contributed by atoms with Gasteiger partial charge >= 0.3 is 5.97 Å². The number of hydrogen-bond acceptors (Lipinski definition) is 8. The molecule has 0 heterocycles. The highest BCUT2D eigenvalue weighted by molar-refractivity contribution is 9.09. The maximum atomic E-state index is 11.5. The molecule has 9 nitrogen and oxygen atoms in total. The van der Waals surface area contributed by atoms with Crippen molar-refractivity contribution >= 4 is 27.8 Å². The van der Waals surface area contributed by atoms with Crippen molar-refractivity contribution < 1.29 is 38.0 Å². The fraction of sp³-hybridized carbons (Fsp3) is 0.895. The van der Waals surface area contributed by atoms with E-state index in [4.69, 9.17) is 28.4 Å². The summed E-state index contributed by atoms with van der Waals surface area (Å²) in [6, 6.07) is 0. The van der Waals surface area contributed by atoms with Crippen molar-refractivity contribution in [2.45, 2.75) is 32.8 Å². The molecule has 1 amide bonds. The molecule has 0 aliphatic carbocycles. The Morgan fingerprint density at radius 1 is 0.724 bits per heavy atom. The number of ether oxygens (including phenoxy) is 6. The largest absolute Gasteiger partial charge is 0.460 e. The van der Waals surface area contributed by atoms with Crippen LogP contribution in [0.4, 0.5) is 0 Å². The zero-order valence-corrected chi connectivity index (χ0v) is 19.4. The molecule has 10 heteroatoms. The second-order valence-electron chi connectivity index (χ2n) is 6.88. The van der Waals surface area contributed by atoms with Crippen LogP contribution in [-0.4, -0.2) is 95.4 Å². The molecular formula is C19H36BrNO8. The van der Waals surface area contributed by atoms with Crippen molar-refractivity contribution in [3.63, 3.8) is 0 Å². The first-order valence-electron chi connectivity index (χ1n) is 9.78. The molecule has 0 fully saturated rings. The van der Waals surface area contributed by atoms with E-state index in [1.165, 1.54) is 0 Å². The fourth-order valence-electron chi connectivity index (χ4n) is 1.84. The van der Waals surface area contributed by atoms with E-state index in [0.717, 1.165) is 0 Å². The van der Waals surface area contributed by atoms with E-state index >= 15 is 0 Å². The lowest BCUT2D eigenvalue weighted by atomic mass is 10.2. The Labute approximate surface area is 182 Å². The second kappa shape index (κ2) is 19.2. The minimum atomic E-state index is -0.466. The van der Waals surface area contributed by atoms with Crippen LogP contribution in [0.25, 0.3) is 0 Å². The maximum Gasteiger partial charge on any atom is 0.308 e. The van der Waals surface area contributed by atoms with Crippen LogP contribution in [0.3, 0.4) is 0 Å². The van der Waals surface area contributed by atoms with Gasteiger partial charge in [0.2, 0.25) is 5.91 Å². The summed E-state index contributed by atoms with van der Waals surface area (Å²) < 4.78 is 31.9. The molecule has 0 bridgehead atoms. The van der Waals surface area contributed by atoms with E-state index in [1.54, 1.807) is 0 Å². The van der Waals surface area contributed by atoms with Crippen LogP contribution in [0, 0.1) is 0 Å². The molecule has 0 unspecified atom stereocenters. The number of esters is 1. The highest BCUT2D eigenvalue weighted by atomic mass is 79.9. The number of halogens is 1. The Kier molecular flexibility index (Phi) is 18.7. The fourth-order valence-corrected chi connectivity index (χ4v) is 2.04. The average molecular weight is 486 g/mol. The molecule has 29 heavy (non-hydrogen) atoms. The van der Waals surface area contributed by atoms with Crippen molar-refractivity contribution in [3.8, 4) is 0 Å². The molecular weight excluding hydrogens is 450 g/mol. The van der Waals surface area contributed by atoms with Gasteiger partial charge in [-0.2, -0.15) is 0 Å². The molecule has 1 N–H and O–H groups in total. The van der Waals surface area contributed by atoms with Gasteiger partial charge < -0.3 is 33.7 Å². The third kappa shape index (κ3) is 23.4. The first-order chi connectivity index (χ1) is 13.8. The van der Waals surface area contributed by atoms with Crippen LogP contribution in [0.2, 0.25) is 0 Å². The molecule has 0 saturated heterocycles. The molecule has 0 rings (SSSR count). The van der Waals surface area contributed by atoms with Gasteiger partial charge in [0, 0.05) is 6.54 Å². The lowest BCUT2D eigenvalue weighted by Gasteiger charge is -2.19. The maximum absolute atomic E-state index is 11.5. The first kappa shape index (κ1) is 28.2. The number of hydrogen-bond donors (Lipinski definition) is 1. The van der Waals surface area contributed by atoms with Gasteiger partial charge in [0.1, 0.15) is 5.60 Å². The number of amides is 1. The van der Waals surface area contributed by atoms with Gasteiger partial charge in [-0.05, 0) is 20.8 Å². The highest BCUT2D eigenvalue weighted by Gasteiger charge is 2.15. The van der Waals surface area contributed by atoms with Gasteiger partial charge in [0.05, 0.1) is 77.8 Å². The molecule has 0 aliphatic rings. The summed E-state index contributed by atoms with van der Waals surface area (Å²) >= 11 is 3.06.